The molecule has 0 aliphatic carbocycles. The Labute approximate surface area is 108 Å². The van der Waals surface area contributed by atoms with Crippen molar-refractivity contribution in [1.82, 2.24) is 14.7 Å². The van der Waals surface area contributed by atoms with Gasteiger partial charge in [0, 0.05) is 37.9 Å². The highest BCUT2D eigenvalue weighted by molar-refractivity contribution is 5.04. The molecule has 18 heavy (non-hydrogen) atoms. The minimum atomic E-state index is -0.202. The summed E-state index contributed by atoms with van der Waals surface area (Å²) in [6.07, 6.45) is 3.91. The second-order valence-electron chi connectivity index (χ2n) is 5.56. The summed E-state index contributed by atoms with van der Waals surface area (Å²) < 4.78 is 7.74. The smallest absolute Gasteiger partial charge is 0.0940 e. The van der Waals surface area contributed by atoms with Crippen LogP contribution in [0.2, 0.25) is 0 Å². The molecule has 1 unspecified atom stereocenters. The molecule has 1 atom stereocenters. The Morgan fingerprint density at radius 3 is 2.94 bits per heavy atom. The van der Waals surface area contributed by atoms with Crippen molar-refractivity contribution < 1.29 is 9.84 Å². The Bertz CT molecular complexity index is 389. The zero-order valence-electron chi connectivity index (χ0n) is 11.5. The minimum Gasteiger partial charge on any atom is -0.394 e. The van der Waals surface area contributed by atoms with Crippen molar-refractivity contribution in [1.29, 1.82) is 0 Å². The van der Waals surface area contributed by atoms with Crippen molar-refractivity contribution in [2.24, 2.45) is 0 Å². The second-order valence-corrected chi connectivity index (χ2v) is 5.56. The molecule has 2 heterocycles. The third kappa shape index (κ3) is 3.31. The summed E-state index contributed by atoms with van der Waals surface area (Å²) >= 11 is 0. The number of hydrogen-bond acceptors (Lipinski definition) is 4. The molecule has 102 valence electrons. The van der Waals surface area contributed by atoms with E-state index in [1.807, 2.05) is 10.9 Å². The molecule has 1 saturated heterocycles. The maximum absolute atomic E-state index is 9.28. The quantitative estimate of drug-likeness (QED) is 0.865. The molecule has 2 rings (SSSR count). The normalized spacial score (nSPS) is 24.3. The highest BCUT2D eigenvalue weighted by atomic mass is 16.5. The molecule has 1 fully saturated rings. The fourth-order valence-electron chi connectivity index (χ4n) is 2.55. The molecular formula is C13H23N3O2. The van der Waals surface area contributed by atoms with Crippen molar-refractivity contribution in [3.05, 3.63) is 18.0 Å². The molecule has 5 nitrogen and oxygen atoms in total. The Morgan fingerprint density at radius 2 is 2.33 bits per heavy atom. The molecule has 1 aromatic heterocycles. The van der Waals surface area contributed by atoms with Gasteiger partial charge in [0.25, 0.3) is 0 Å². The first kappa shape index (κ1) is 13.5. The lowest BCUT2D eigenvalue weighted by molar-refractivity contribution is -0.150. The highest BCUT2D eigenvalue weighted by Crippen LogP contribution is 2.22. The van der Waals surface area contributed by atoms with Crippen LogP contribution in [0, 0.1) is 0 Å². The van der Waals surface area contributed by atoms with Crippen LogP contribution < -0.4 is 0 Å². The Balaban J connectivity index is 1.99. The number of hydrogen-bond donors (Lipinski definition) is 1. The topological polar surface area (TPSA) is 50.5 Å². The van der Waals surface area contributed by atoms with Gasteiger partial charge >= 0.3 is 0 Å². The lowest BCUT2D eigenvalue weighted by Crippen LogP contribution is -2.53. The van der Waals surface area contributed by atoms with Crippen molar-refractivity contribution in [2.45, 2.75) is 45.6 Å². The van der Waals surface area contributed by atoms with Gasteiger partial charge in [0.15, 0.2) is 0 Å². The summed E-state index contributed by atoms with van der Waals surface area (Å²) in [5.41, 5.74) is 1.01. The van der Waals surface area contributed by atoms with E-state index in [4.69, 9.17) is 4.74 Å². The van der Waals surface area contributed by atoms with E-state index in [0.29, 0.717) is 0 Å². The first-order valence-corrected chi connectivity index (χ1v) is 6.55. The molecule has 0 bridgehead atoms. The lowest BCUT2D eigenvalue weighted by atomic mass is 10.0. The number of aliphatic hydroxyl groups is 1. The number of aryl methyl sites for hydroxylation is 1. The van der Waals surface area contributed by atoms with E-state index >= 15 is 0 Å². The van der Waals surface area contributed by atoms with Gasteiger partial charge in [-0.05, 0) is 20.8 Å². The molecule has 0 spiro atoms. The molecule has 1 aromatic rings. The van der Waals surface area contributed by atoms with Crippen molar-refractivity contribution in [2.75, 3.05) is 19.7 Å². The number of aliphatic hydroxyl groups excluding tert-OH is 1. The Hall–Kier alpha value is -0.910. The van der Waals surface area contributed by atoms with Gasteiger partial charge in [-0.25, -0.2) is 0 Å². The fourth-order valence-corrected chi connectivity index (χ4v) is 2.55. The second kappa shape index (κ2) is 5.38. The molecule has 5 heteroatoms. The Kier molecular flexibility index (Phi) is 4.04. The van der Waals surface area contributed by atoms with Gasteiger partial charge < -0.3 is 9.84 Å². The lowest BCUT2D eigenvalue weighted by Gasteiger charge is -2.42. The molecule has 1 aliphatic rings. The monoisotopic (exact) mass is 253 g/mol. The average Bonchev–Trinajstić information content (AvgIpc) is 2.74. The van der Waals surface area contributed by atoms with E-state index < -0.39 is 0 Å². The molecule has 1 aliphatic heterocycles. The van der Waals surface area contributed by atoms with Gasteiger partial charge in [0.1, 0.15) is 0 Å². The van der Waals surface area contributed by atoms with Gasteiger partial charge in [-0.1, -0.05) is 0 Å². The first-order valence-electron chi connectivity index (χ1n) is 6.55. The zero-order chi connectivity index (χ0) is 13.2. The van der Waals surface area contributed by atoms with E-state index in [1.165, 1.54) is 5.56 Å². The molecule has 0 radical (unpaired) electrons. The summed E-state index contributed by atoms with van der Waals surface area (Å²) in [5.74, 6) is 0. The molecular weight excluding hydrogens is 230 g/mol. The average molecular weight is 253 g/mol. The Morgan fingerprint density at radius 1 is 1.56 bits per heavy atom. The van der Waals surface area contributed by atoms with Crippen LogP contribution in [-0.2, 0) is 17.8 Å². The summed E-state index contributed by atoms with van der Waals surface area (Å²) in [4.78, 5) is 2.32. The fraction of sp³-hybridized carbons (Fsp3) is 0.769. The standard InChI is InChI=1S/C13H23N3O2/c1-4-16-7-11(5-14-16)6-15-8-12(9-17)18-13(2,3)10-15/h5,7,12,17H,4,6,8-10H2,1-3H3. The summed E-state index contributed by atoms with van der Waals surface area (Å²) in [6, 6.07) is 0. The van der Waals surface area contributed by atoms with Gasteiger partial charge in [-0.3, -0.25) is 9.58 Å². The summed E-state index contributed by atoms with van der Waals surface area (Å²) in [5, 5.41) is 13.6. The van der Waals surface area contributed by atoms with Gasteiger partial charge in [0.2, 0.25) is 0 Å². The van der Waals surface area contributed by atoms with Crippen LogP contribution in [0.4, 0.5) is 0 Å². The van der Waals surface area contributed by atoms with Crippen LogP contribution in [0.1, 0.15) is 26.3 Å². The van der Waals surface area contributed by atoms with E-state index in [2.05, 4.69) is 37.0 Å². The highest BCUT2D eigenvalue weighted by Gasteiger charge is 2.32. The number of morpholine rings is 1. The van der Waals surface area contributed by atoms with Crippen LogP contribution in [0.5, 0.6) is 0 Å². The van der Waals surface area contributed by atoms with Gasteiger partial charge in [0.05, 0.1) is 24.5 Å². The zero-order valence-corrected chi connectivity index (χ0v) is 11.5. The SMILES string of the molecule is CCn1cc(CN2CC(CO)OC(C)(C)C2)cn1. The van der Waals surface area contributed by atoms with E-state index in [1.54, 1.807) is 0 Å². The number of nitrogens with zero attached hydrogens (tertiary/aromatic N) is 3. The first-order chi connectivity index (χ1) is 8.52. The third-order valence-corrected chi connectivity index (χ3v) is 3.17. The van der Waals surface area contributed by atoms with Crippen molar-refractivity contribution >= 4 is 0 Å². The van der Waals surface area contributed by atoms with Crippen LogP contribution in [-0.4, -0.2) is 51.2 Å². The molecule has 1 N–H and O–H groups in total. The molecule has 0 saturated carbocycles. The van der Waals surface area contributed by atoms with Gasteiger partial charge in [-0.2, -0.15) is 5.10 Å². The van der Waals surface area contributed by atoms with Crippen LogP contribution in [0.3, 0.4) is 0 Å². The van der Waals surface area contributed by atoms with E-state index in [9.17, 15) is 5.11 Å². The largest absolute Gasteiger partial charge is 0.394 e. The predicted molar refractivity (Wildman–Crippen MR) is 69.2 cm³/mol. The van der Waals surface area contributed by atoms with Crippen molar-refractivity contribution in [3.8, 4) is 0 Å². The number of rotatable bonds is 4. The van der Waals surface area contributed by atoms with E-state index in [0.717, 1.165) is 26.2 Å². The molecule has 0 amide bonds. The van der Waals surface area contributed by atoms with Crippen molar-refractivity contribution in [3.63, 3.8) is 0 Å². The van der Waals surface area contributed by atoms with Crippen LogP contribution in [0.25, 0.3) is 0 Å². The van der Waals surface area contributed by atoms with Crippen LogP contribution >= 0.6 is 0 Å². The minimum absolute atomic E-state index is 0.0775. The van der Waals surface area contributed by atoms with Gasteiger partial charge in [-0.15, -0.1) is 0 Å². The summed E-state index contributed by atoms with van der Waals surface area (Å²) in [6.45, 7) is 9.70. The number of ether oxygens (including phenoxy) is 1. The van der Waals surface area contributed by atoms with E-state index in [-0.39, 0.29) is 18.3 Å². The molecule has 0 aromatic carbocycles. The maximum atomic E-state index is 9.28. The van der Waals surface area contributed by atoms with Crippen LogP contribution in [0.15, 0.2) is 12.4 Å². The third-order valence-electron chi connectivity index (χ3n) is 3.17. The predicted octanol–water partition coefficient (Wildman–Crippen LogP) is 0.875. The maximum Gasteiger partial charge on any atom is 0.0940 e. The number of aromatic nitrogens is 2. The summed E-state index contributed by atoms with van der Waals surface area (Å²) in [7, 11) is 0.